The standard InChI is InChI=1S/C19H19N3OS/c1-12-8-6-7-11-15(12)21-18(23)16-13(2)20-19(24)22-17(16)14-9-4-3-5-10-14/h3-11,16-17H,2H2,1H3,(H,21,23)(H2,20,22,24). The lowest BCUT2D eigenvalue weighted by Crippen LogP contribution is -2.51. The van der Waals surface area contributed by atoms with Crippen LogP contribution in [0.2, 0.25) is 0 Å². The van der Waals surface area contributed by atoms with E-state index >= 15 is 0 Å². The highest BCUT2D eigenvalue weighted by Crippen LogP contribution is 2.30. The number of amides is 1. The Morgan fingerprint density at radius 1 is 1.12 bits per heavy atom. The molecule has 2 aromatic carbocycles. The number of carbonyl (C=O) groups is 1. The summed E-state index contributed by atoms with van der Waals surface area (Å²) in [5, 5.41) is 9.65. The Bertz CT molecular complexity index is 788. The van der Waals surface area contributed by atoms with Crippen molar-refractivity contribution < 1.29 is 4.79 Å². The largest absolute Gasteiger partial charge is 0.354 e. The maximum Gasteiger partial charge on any atom is 0.235 e. The summed E-state index contributed by atoms with van der Waals surface area (Å²) in [6.45, 7) is 5.97. The Labute approximate surface area is 147 Å². The number of rotatable bonds is 3. The predicted molar refractivity (Wildman–Crippen MR) is 100 cm³/mol. The van der Waals surface area contributed by atoms with Gasteiger partial charge in [0, 0.05) is 11.4 Å². The highest BCUT2D eigenvalue weighted by molar-refractivity contribution is 7.80. The van der Waals surface area contributed by atoms with E-state index in [4.69, 9.17) is 12.2 Å². The van der Waals surface area contributed by atoms with Crippen LogP contribution in [0.15, 0.2) is 66.9 Å². The van der Waals surface area contributed by atoms with Crippen LogP contribution < -0.4 is 16.0 Å². The van der Waals surface area contributed by atoms with Crippen molar-refractivity contribution in [2.24, 2.45) is 5.92 Å². The van der Waals surface area contributed by atoms with E-state index in [0.29, 0.717) is 10.8 Å². The zero-order valence-corrected chi connectivity index (χ0v) is 14.2. The van der Waals surface area contributed by atoms with Crippen molar-refractivity contribution in [1.82, 2.24) is 10.6 Å². The minimum absolute atomic E-state index is 0.120. The molecule has 1 aliphatic rings. The summed E-state index contributed by atoms with van der Waals surface area (Å²) in [7, 11) is 0. The van der Waals surface area contributed by atoms with Crippen LogP contribution in [0.3, 0.4) is 0 Å². The van der Waals surface area contributed by atoms with Gasteiger partial charge in [0.05, 0.1) is 6.04 Å². The molecular formula is C19H19N3OS. The lowest BCUT2D eigenvalue weighted by molar-refractivity contribution is -0.119. The van der Waals surface area contributed by atoms with Gasteiger partial charge < -0.3 is 16.0 Å². The average molecular weight is 337 g/mol. The molecule has 1 heterocycles. The van der Waals surface area contributed by atoms with Crippen molar-refractivity contribution in [1.29, 1.82) is 0 Å². The molecule has 0 radical (unpaired) electrons. The normalized spacial score (nSPS) is 20.0. The summed E-state index contributed by atoms with van der Waals surface area (Å²) in [6.07, 6.45) is 0. The molecule has 122 valence electrons. The van der Waals surface area contributed by atoms with Crippen LogP contribution in [-0.4, -0.2) is 11.0 Å². The molecule has 1 saturated heterocycles. The maximum atomic E-state index is 12.9. The van der Waals surface area contributed by atoms with Gasteiger partial charge in [-0.05, 0) is 36.3 Å². The van der Waals surface area contributed by atoms with Crippen molar-refractivity contribution in [2.45, 2.75) is 13.0 Å². The van der Waals surface area contributed by atoms with Crippen LogP contribution >= 0.6 is 12.2 Å². The fraction of sp³-hybridized carbons (Fsp3) is 0.158. The van der Waals surface area contributed by atoms with Crippen LogP contribution in [0.1, 0.15) is 17.2 Å². The number of benzene rings is 2. The van der Waals surface area contributed by atoms with Crippen LogP contribution in [0.5, 0.6) is 0 Å². The molecule has 24 heavy (non-hydrogen) atoms. The van der Waals surface area contributed by atoms with E-state index in [1.807, 2.05) is 61.5 Å². The third kappa shape index (κ3) is 3.31. The van der Waals surface area contributed by atoms with Crippen LogP contribution in [-0.2, 0) is 4.79 Å². The predicted octanol–water partition coefficient (Wildman–Crippen LogP) is 3.28. The monoisotopic (exact) mass is 337 g/mol. The van der Waals surface area contributed by atoms with Crippen LogP contribution in [0.25, 0.3) is 0 Å². The van der Waals surface area contributed by atoms with Crippen molar-refractivity contribution in [3.8, 4) is 0 Å². The van der Waals surface area contributed by atoms with Crippen LogP contribution in [0.4, 0.5) is 5.69 Å². The number of carbonyl (C=O) groups excluding carboxylic acids is 1. The number of para-hydroxylation sites is 1. The molecule has 0 saturated carbocycles. The third-order valence-corrected chi connectivity index (χ3v) is 4.33. The molecule has 0 aliphatic carbocycles. The molecule has 3 N–H and O–H groups in total. The van der Waals surface area contributed by atoms with Crippen molar-refractivity contribution >= 4 is 28.9 Å². The summed E-state index contributed by atoms with van der Waals surface area (Å²) in [5.41, 5.74) is 3.40. The molecule has 4 nitrogen and oxygen atoms in total. The Hall–Kier alpha value is -2.66. The van der Waals surface area contributed by atoms with Gasteiger partial charge in [-0.1, -0.05) is 55.1 Å². The van der Waals surface area contributed by atoms with Gasteiger partial charge in [-0.2, -0.15) is 0 Å². The minimum Gasteiger partial charge on any atom is -0.354 e. The summed E-state index contributed by atoms with van der Waals surface area (Å²) < 4.78 is 0. The maximum absolute atomic E-state index is 12.9. The van der Waals surface area contributed by atoms with Gasteiger partial charge in [0.15, 0.2) is 5.11 Å². The van der Waals surface area contributed by atoms with E-state index in [0.717, 1.165) is 16.8 Å². The fourth-order valence-corrected chi connectivity index (χ4v) is 3.11. The number of thiocarbonyl (C=S) groups is 1. The van der Waals surface area contributed by atoms with E-state index < -0.39 is 5.92 Å². The Balaban J connectivity index is 1.90. The van der Waals surface area contributed by atoms with Crippen molar-refractivity contribution in [3.63, 3.8) is 0 Å². The molecule has 3 rings (SSSR count). The van der Waals surface area contributed by atoms with E-state index in [1.165, 1.54) is 0 Å². The van der Waals surface area contributed by atoms with Crippen molar-refractivity contribution in [3.05, 3.63) is 78.0 Å². The highest BCUT2D eigenvalue weighted by atomic mass is 32.1. The van der Waals surface area contributed by atoms with E-state index in [2.05, 4.69) is 22.5 Å². The summed E-state index contributed by atoms with van der Waals surface area (Å²) in [5.74, 6) is -0.593. The Kier molecular flexibility index (Phi) is 4.62. The molecule has 1 aliphatic heterocycles. The Morgan fingerprint density at radius 2 is 1.79 bits per heavy atom. The second-order valence-electron chi connectivity index (χ2n) is 5.79. The van der Waals surface area contributed by atoms with Crippen LogP contribution in [0, 0.1) is 12.8 Å². The number of nitrogens with one attached hydrogen (secondary N) is 3. The molecule has 1 amide bonds. The lowest BCUT2D eigenvalue weighted by Gasteiger charge is -2.35. The minimum atomic E-state index is -0.473. The van der Waals surface area contributed by atoms with Gasteiger partial charge in [0.2, 0.25) is 5.91 Å². The molecule has 2 atom stereocenters. The zero-order chi connectivity index (χ0) is 17.1. The van der Waals surface area contributed by atoms with E-state index in [9.17, 15) is 4.79 Å². The zero-order valence-electron chi connectivity index (χ0n) is 13.4. The van der Waals surface area contributed by atoms with Crippen molar-refractivity contribution in [2.75, 3.05) is 5.32 Å². The molecule has 2 unspecified atom stereocenters. The number of aryl methyl sites for hydroxylation is 1. The summed E-state index contributed by atoms with van der Waals surface area (Å²) in [6, 6.07) is 17.2. The SMILES string of the molecule is C=C1NC(=S)NC(c2ccccc2)C1C(=O)Nc1ccccc1C. The molecular weight excluding hydrogens is 318 g/mol. The first-order valence-corrected chi connectivity index (χ1v) is 8.15. The first-order valence-electron chi connectivity index (χ1n) is 7.74. The van der Waals surface area contributed by atoms with Gasteiger partial charge in [0.1, 0.15) is 5.92 Å². The topological polar surface area (TPSA) is 53.2 Å². The molecule has 1 fully saturated rings. The second kappa shape index (κ2) is 6.84. The number of anilines is 1. The molecule has 0 spiro atoms. The Morgan fingerprint density at radius 3 is 2.50 bits per heavy atom. The lowest BCUT2D eigenvalue weighted by atomic mass is 9.88. The first kappa shape index (κ1) is 16.2. The van der Waals surface area contributed by atoms with Gasteiger partial charge in [-0.25, -0.2) is 0 Å². The van der Waals surface area contributed by atoms with E-state index in [1.54, 1.807) is 0 Å². The molecule has 0 bridgehead atoms. The highest BCUT2D eigenvalue weighted by Gasteiger charge is 2.36. The van der Waals surface area contributed by atoms with Gasteiger partial charge in [-0.3, -0.25) is 4.79 Å². The number of hydrogen-bond donors (Lipinski definition) is 3. The second-order valence-corrected chi connectivity index (χ2v) is 6.20. The number of hydrogen-bond acceptors (Lipinski definition) is 2. The van der Waals surface area contributed by atoms with E-state index in [-0.39, 0.29) is 11.9 Å². The first-order chi connectivity index (χ1) is 11.6. The fourth-order valence-electron chi connectivity index (χ4n) is 2.85. The van der Waals surface area contributed by atoms with Gasteiger partial charge >= 0.3 is 0 Å². The van der Waals surface area contributed by atoms with Gasteiger partial charge in [0.25, 0.3) is 0 Å². The third-order valence-electron chi connectivity index (χ3n) is 4.11. The summed E-state index contributed by atoms with van der Waals surface area (Å²) >= 11 is 5.24. The average Bonchev–Trinajstić information content (AvgIpc) is 2.57. The smallest absolute Gasteiger partial charge is 0.235 e. The molecule has 0 aromatic heterocycles. The summed E-state index contributed by atoms with van der Waals surface area (Å²) in [4.78, 5) is 12.9. The molecule has 5 heteroatoms. The van der Waals surface area contributed by atoms with Gasteiger partial charge in [-0.15, -0.1) is 0 Å². The molecule has 2 aromatic rings. The quantitative estimate of drug-likeness (QED) is 0.753.